The van der Waals surface area contributed by atoms with Gasteiger partial charge in [0.05, 0.1) is 0 Å². The minimum absolute atomic E-state index is 0.291. The van der Waals surface area contributed by atoms with Gasteiger partial charge < -0.3 is 4.55 Å². The summed E-state index contributed by atoms with van der Waals surface area (Å²) in [6, 6.07) is 0. The molecule has 1 fully saturated rings. The summed E-state index contributed by atoms with van der Waals surface area (Å²) in [4.78, 5) is 12.2. The van der Waals surface area contributed by atoms with Crippen LogP contribution in [-0.4, -0.2) is 40.5 Å². The molecule has 0 heterocycles. The maximum Gasteiger partial charge on any atom is 0.485 e. The molecule has 0 amide bonds. The van der Waals surface area contributed by atoms with Gasteiger partial charge in [-0.3, -0.25) is 4.79 Å². The summed E-state index contributed by atoms with van der Waals surface area (Å²) in [6.07, 6.45) is 6.20. The molecule has 0 saturated heterocycles. The maximum atomic E-state index is 12.2. The van der Waals surface area contributed by atoms with Gasteiger partial charge in [0.25, 0.3) is 0 Å². The van der Waals surface area contributed by atoms with Crippen LogP contribution in [0.5, 0.6) is 0 Å². The van der Waals surface area contributed by atoms with Crippen molar-refractivity contribution in [3.8, 4) is 0 Å². The fourth-order valence-electron chi connectivity index (χ4n) is 2.58. The molecular formula is C15H27F3O4S2. The average molecular weight is 393 g/mol. The zero-order valence-corrected chi connectivity index (χ0v) is 16.2. The lowest BCUT2D eigenvalue weighted by Crippen LogP contribution is -2.34. The van der Waals surface area contributed by atoms with E-state index in [1.165, 1.54) is 19.3 Å². The van der Waals surface area contributed by atoms with Crippen LogP contribution in [0.15, 0.2) is 0 Å². The monoisotopic (exact) mass is 392 g/mol. The van der Waals surface area contributed by atoms with E-state index in [-0.39, 0.29) is 0 Å². The molecule has 1 rings (SSSR count). The van der Waals surface area contributed by atoms with Crippen LogP contribution in [-0.2, 0) is 25.8 Å². The molecule has 0 radical (unpaired) electrons. The number of Topliss-reactive ketones (excluding diaryl/α,β-unsaturated/α-hetero) is 1. The molecule has 9 heteroatoms. The highest BCUT2D eigenvalue weighted by Crippen LogP contribution is 2.26. The fourth-order valence-corrected chi connectivity index (χ4v) is 4.90. The Morgan fingerprint density at radius 1 is 1.08 bits per heavy atom. The van der Waals surface area contributed by atoms with Crippen LogP contribution in [0.1, 0.15) is 59.8 Å². The minimum atomic E-state index is -6.09. The highest BCUT2D eigenvalue weighted by atomic mass is 32.2. The van der Waals surface area contributed by atoms with E-state index in [0.29, 0.717) is 33.1 Å². The average Bonchev–Trinajstić information content (AvgIpc) is 2.43. The normalized spacial score (nSPS) is 17.1. The standard InChI is InChI=1S/C14H27OS.CHF3O3S/c1-11(2)16(12(3)4)10-14(15)13-8-6-5-7-9-13;2-1(3,4)8(5,6)7/h11-13H,5-10H2,1-4H3;(H,5,6,7)/q+1;/p-1. The van der Waals surface area contributed by atoms with Crippen LogP contribution >= 0.6 is 0 Å². The van der Waals surface area contributed by atoms with Gasteiger partial charge in [-0.1, -0.05) is 19.3 Å². The van der Waals surface area contributed by atoms with Gasteiger partial charge in [0.15, 0.2) is 21.7 Å². The summed E-state index contributed by atoms with van der Waals surface area (Å²) < 4.78 is 58.9. The summed E-state index contributed by atoms with van der Waals surface area (Å²) in [5.41, 5.74) is -5.65. The summed E-state index contributed by atoms with van der Waals surface area (Å²) in [7, 11) is -5.80. The Bertz CT molecular complexity index is 473. The van der Waals surface area contributed by atoms with E-state index >= 15 is 0 Å². The molecule has 1 saturated carbocycles. The molecule has 144 valence electrons. The van der Waals surface area contributed by atoms with E-state index in [2.05, 4.69) is 27.7 Å². The molecule has 0 aromatic rings. The molecule has 0 spiro atoms. The first kappa shape index (κ1) is 23.7. The number of carbonyl (C=O) groups excluding carboxylic acids is 1. The summed E-state index contributed by atoms with van der Waals surface area (Å²) in [6.45, 7) is 9.04. The van der Waals surface area contributed by atoms with Gasteiger partial charge in [-0.15, -0.1) is 0 Å². The van der Waals surface area contributed by atoms with Crippen molar-refractivity contribution in [3.63, 3.8) is 0 Å². The van der Waals surface area contributed by atoms with Crippen molar-refractivity contribution >= 4 is 26.8 Å². The van der Waals surface area contributed by atoms with Crippen LogP contribution in [0.25, 0.3) is 0 Å². The molecular weight excluding hydrogens is 365 g/mol. The Hall–Kier alpha value is -0.280. The van der Waals surface area contributed by atoms with Crippen LogP contribution in [0.2, 0.25) is 0 Å². The quantitative estimate of drug-likeness (QED) is 0.407. The van der Waals surface area contributed by atoms with Crippen LogP contribution in [0.4, 0.5) is 13.2 Å². The van der Waals surface area contributed by atoms with E-state index in [4.69, 9.17) is 13.0 Å². The molecule has 0 unspecified atom stereocenters. The van der Waals surface area contributed by atoms with Crippen molar-refractivity contribution in [1.82, 2.24) is 0 Å². The third kappa shape index (κ3) is 8.71. The van der Waals surface area contributed by atoms with Gasteiger partial charge in [-0.25, -0.2) is 8.42 Å². The third-order valence-electron chi connectivity index (χ3n) is 3.86. The van der Waals surface area contributed by atoms with Gasteiger partial charge in [-0.2, -0.15) is 13.2 Å². The summed E-state index contributed by atoms with van der Waals surface area (Å²) in [5, 5.41) is 1.32. The van der Waals surface area contributed by atoms with Gasteiger partial charge in [0.2, 0.25) is 0 Å². The first-order valence-electron chi connectivity index (χ1n) is 8.00. The van der Waals surface area contributed by atoms with Crippen LogP contribution in [0, 0.1) is 5.92 Å². The number of carbonyl (C=O) groups is 1. The molecule has 0 aromatic carbocycles. The first-order chi connectivity index (χ1) is 10.8. The van der Waals surface area contributed by atoms with E-state index in [0.717, 1.165) is 18.6 Å². The molecule has 0 aromatic heterocycles. The number of hydrogen-bond donors (Lipinski definition) is 0. The van der Waals surface area contributed by atoms with E-state index in [1.54, 1.807) is 0 Å². The second-order valence-corrected chi connectivity index (χ2v) is 10.9. The summed E-state index contributed by atoms with van der Waals surface area (Å²) in [5.74, 6) is 1.81. The molecule has 24 heavy (non-hydrogen) atoms. The highest BCUT2D eigenvalue weighted by molar-refractivity contribution is 7.98. The maximum absolute atomic E-state index is 12.2. The van der Waals surface area contributed by atoms with Crippen molar-refractivity contribution in [2.45, 2.75) is 75.8 Å². The van der Waals surface area contributed by atoms with Crippen molar-refractivity contribution < 1.29 is 30.9 Å². The molecule has 1 aliphatic carbocycles. The van der Waals surface area contributed by atoms with Crippen molar-refractivity contribution in [2.75, 3.05) is 5.75 Å². The molecule has 0 N–H and O–H groups in total. The van der Waals surface area contributed by atoms with Crippen molar-refractivity contribution in [1.29, 1.82) is 0 Å². The van der Waals surface area contributed by atoms with Crippen LogP contribution in [0.3, 0.4) is 0 Å². The zero-order valence-electron chi connectivity index (χ0n) is 14.6. The lowest BCUT2D eigenvalue weighted by Gasteiger charge is -2.22. The zero-order chi connectivity index (χ0) is 19.1. The lowest BCUT2D eigenvalue weighted by molar-refractivity contribution is -0.121. The molecule has 0 aliphatic heterocycles. The number of alkyl halides is 3. The molecule has 0 bridgehead atoms. The Morgan fingerprint density at radius 3 is 1.75 bits per heavy atom. The SMILES string of the molecule is CC(C)[S+](CC(=O)C1CCCCC1)C(C)C.O=S(=O)([O-])C(F)(F)F. The Labute approximate surface area is 145 Å². The Balaban J connectivity index is 0.000000561. The third-order valence-corrected chi connectivity index (χ3v) is 7.47. The smallest absolute Gasteiger partial charge is 0.485 e. The Morgan fingerprint density at radius 2 is 1.46 bits per heavy atom. The van der Waals surface area contributed by atoms with E-state index < -0.39 is 15.6 Å². The number of rotatable bonds is 5. The van der Waals surface area contributed by atoms with Gasteiger partial charge >= 0.3 is 5.51 Å². The van der Waals surface area contributed by atoms with E-state index in [1.807, 2.05) is 0 Å². The Kier molecular flexibility index (Phi) is 9.89. The topological polar surface area (TPSA) is 74.3 Å². The predicted octanol–water partition coefficient (Wildman–Crippen LogP) is 3.62. The van der Waals surface area contributed by atoms with E-state index in [9.17, 15) is 18.0 Å². The van der Waals surface area contributed by atoms with Crippen molar-refractivity contribution in [2.24, 2.45) is 5.92 Å². The van der Waals surface area contributed by atoms with Gasteiger partial charge in [0.1, 0.15) is 10.5 Å². The van der Waals surface area contributed by atoms with Gasteiger partial charge in [-0.05, 0) is 51.4 Å². The van der Waals surface area contributed by atoms with Crippen molar-refractivity contribution in [3.05, 3.63) is 0 Å². The minimum Gasteiger partial charge on any atom is -0.741 e. The predicted molar refractivity (Wildman–Crippen MR) is 89.8 cm³/mol. The fraction of sp³-hybridized carbons (Fsp3) is 0.933. The summed E-state index contributed by atoms with van der Waals surface area (Å²) >= 11 is 0. The molecule has 1 aliphatic rings. The highest BCUT2D eigenvalue weighted by Gasteiger charge is 2.37. The van der Waals surface area contributed by atoms with Crippen LogP contribution < -0.4 is 0 Å². The molecule has 0 atom stereocenters. The second kappa shape index (κ2) is 10.0. The number of ketones is 1. The largest absolute Gasteiger partial charge is 0.741 e. The number of halogens is 3. The molecule has 4 nitrogen and oxygen atoms in total. The first-order valence-corrected chi connectivity index (χ1v) is 10.9. The van der Waals surface area contributed by atoms with Gasteiger partial charge in [0, 0.05) is 5.92 Å². The lowest BCUT2D eigenvalue weighted by atomic mass is 9.87. The second-order valence-electron chi connectivity index (χ2n) is 6.41. The number of hydrogen-bond acceptors (Lipinski definition) is 4.